The molecule has 1 unspecified atom stereocenters. The molecule has 0 bridgehead atoms. The van der Waals surface area contributed by atoms with Crippen molar-refractivity contribution in [3.05, 3.63) is 41.2 Å². The third-order valence-corrected chi connectivity index (χ3v) is 2.73. The summed E-state index contributed by atoms with van der Waals surface area (Å²) in [5.74, 6) is -0.526. The number of carbonyl (C=O) groups excluding carboxylic acids is 1. The van der Waals surface area contributed by atoms with Gasteiger partial charge < -0.3 is 10.4 Å². The molecule has 2 N–H and O–H groups in total. The minimum Gasteiger partial charge on any atom is -0.391 e. The van der Waals surface area contributed by atoms with Crippen LogP contribution >= 0.6 is 0 Å². The number of hydrogen-bond donors (Lipinski definition) is 2. The molecule has 0 aromatic heterocycles. The maximum Gasteiger partial charge on any atom is 0.247 e. The van der Waals surface area contributed by atoms with E-state index in [1.807, 2.05) is 6.92 Å². The van der Waals surface area contributed by atoms with Gasteiger partial charge in [-0.3, -0.25) is 4.79 Å². The fourth-order valence-electron chi connectivity index (χ4n) is 1.66. The summed E-state index contributed by atoms with van der Waals surface area (Å²) < 4.78 is 12.7. The van der Waals surface area contributed by atoms with Gasteiger partial charge in [-0.05, 0) is 37.1 Å². The van der Waals surface area contributed by atoms with E-state index in [-0.39, 0.29) is 18.3 Å². The summed E-state index contributed by atoms with van der Waals surface area (Å²) >= 11 is 0. The van der Waals surface area contributed by atoms with Gasteiger partial charge in [-0.25, -0.2) is 4.39 Å². The molecular weight excluding hydrogens is 245 g/mol. The Bertz CT molecular complexity index is 440. The topological polar surface area (TPSA) is 49.3 Å². The molecule has 1 amide bonds. The molecule has 0 aliphatic carbocycles. The average Bonchev–Trinajstić information content (AvgIpc) is 2.39. The maximum absolute atomic E-state index is 12.7. The van der Waals surface area contributed by atoms with Crippen LogP contribution in [0.5, 0.6) is 0 Å². The van der Waals surface area contributed by atoms with Gasteiger partial charge in [0.15, 0.2) is 0 Å². The lowest BCUT2D eigenvalue weighted by atomic mass is 10.1. The highest BCUT2D eigenvalue weighted by Gasteiger charge is 2.07. The Hall–Kier alpha value is -1.68. The Kier molecular flexibility index (Phi) is 6.22. The number of hydrogen-bond acceptors (Lipinski definition) is 2. The number of carbonyl (C=O) groups is 1. The number of nitrogens with one attached hydrogen (secondary N) is 1. The summed E-state index contributed by atoms with van der Waals surface area (Å²) in [5, 5.41) is 12.2. The summed E-state index contributed by atoms with van der Waals surface area (Å²) in [6.45, 7) is 3.91. The molecular formula is C15H20FNO2. The molecule has 19 heavy (non-hydrogen) atoms. The zero-order valence-corrected chi connectivity index (χ0v) is 11.3. The van der Waals surface area contributed by atoms with Crippen molar-refractivity contribution in [3.63, 3.8) is 0 Å². The smallest absolute Gasteiger partial charge is 0.247 e. The number of halogens is 1. The van der Waals surface area contributed by atoms with E-state index >= 15 is 0 Å². The molecule has 0 aliphatic rings. The first kappa shape index (κ1) is 15.4. The second-order valence-electron chi connectivity index (χ2n) is 4.53. The van der Waals surface area contributed by atoms with E-state index in [2.05, 4.69) is 5.32 Å². The molecule has 1 atom stereocenters. The van der Waals surface area contributed by atoms with E-state index in [0.717, 1.165) is 12.0 Å². The van der Waals surface area contributed by atoms with Crippen LogP contribution in [0.1, 0.15) is 32.3 Å². The summed E-state index contributed by atoms with van der Waals surface area (Å²) in [6.07, 6.45) is 2.72. The molecule has 104 valence electrons. The molecule has 0 radical (unpaired) electrons. The third kappa shape index (κ3) is 5.66. The van der Waals surface area contributed by atoms with Crippen molar-refractivity contribution in [1.82, 2.24) is 5.32 Å². The van der Waals surface area contributed by atoms with E-state index in [0.29, 0.717) is 12.0 Å². The number of amides is 1. The minimum absolute atomic E-state index is 0.223. The highest BCUT2D eigenvalue weighted by molar-refractivity contribution is 5.97. The first-order valence-corrected chi connectivity index (χ1v) is 6.43. The quantitative estimate of drug-likeness (QED) is 0.776. The summed E-state index contributed by atoms with van der Waals surface area (Å²) in [4.78, 5) is 11.8. The molecule has 1 rings (SSSR count). The molecule has 1 aromatic carbocycles. The average molecular weight is 265 g/mol. The normalized spacial score (nSPS) is 13.2. The summed E-state index contributed by atoms with van der Waals surface area (Å²) in [5.41, 5.74) is 1.29. The highest BCUT2D eigenvalue weighted by Crippen LogP contribution is 2.08. The van der Waals surface area contributed by atoms with Crippen molar-refractivity contribution in [1.29, 1.82) is 0 Å². The Morgan fingerprint density at radius 2 is 2.05 bits per heavy atom. The van der Waals surface area contributed by atoms with Gasteiger partial charge in [0.25, 0.3) is 0 Å². The van der Waals surface area contributed by atoms with Gasteiger partial charge in [-0.1, -0.05) is 25.5 Å². The van der Waals surface area contributed by atoms with Crippen molar-refractivity contribution < 1.29 is 14.3 Å². The Labute approximate surface area is 113 Å². The van der Waals surface area contributed by atoms with Crippen molar-refractivity contribution in [2.45, 2.75) is 32.8 Å². The van der Waals surface area contributed by atoms with Crippen LogP contribution in [0.4, 0.5) is 4.39 Å². The van der Waals surface area contributed by atoms with Gasteiger partial charge in [-0.15, -0.1) is 0 Å². The standard InChI is InChI=1S/C15H20FNO2/c1-3-4-14(18)10-17-15(19)11(2)9-12-5-7-13(16)8-6-12/h5-9,14,18H,3-4,10H2,1-2H3,(H,17,19)/b11-9+. The number of benzene rings is 1. The minimum atomic E-state index is -0.507. The van der Waals surface area contributed by atoms with Gasteiger partial charge in [0.1, 0.15) is 5.82 Å². The lowest BCUT2D eigenvalue weighted by molar-refractivity contribution is -0.117. The molecule has 3 nitrogen and oxygen atoms in total. The van der Waals surface area contributed by atoms with Gasteiger partial charge in [0.2, 0.25) is 5.91 Å². The fourth-order valence-corrected chi connectivity index (χ4v) is 1.66. The maximum atomic E-state index is 12.7. The Morgan fingerprint density at radius 3 is 2.63 bits per heavy atom. The fraction of sp³-hybridized carbons (Fsp3) is 0.400. The SMILES string of the molecule is CCCC(O)CNC(=O)/C(C)=C/c1ccc(F)cc1. The molecule has 4 heteroatoms. The van der Waals surface area contributed by atoms with Crippen LogP contribution in [0, 0.1) is 5.82 Å². The van der Waals surface area contributed by atoms with Gasteiger partial charge in [-0.2, -0.15) is 0 Å². The Morgan fingerprint density at radius 1 is 1.42 bits per heavy atom. The van der Waals surface area contributed by atoms with E-state index < -0.39 is 6.10 Å². The van der Waals surface area contributed by atoms with Crippen LogP contribution in [0.15, 0.2) is 29.8 Å². The molecule has 0 saturated carbocycles. The van der Waals surface area contributed by atoms with Crippen LogP contribution in [0.25, 0.3) is 6.08 Å². The van der Waals surface area contributed by atoms with Crippen LogP contribution in [0.3, 0.4) is 0 Å². The van der Waals surface area contributed by atoms with Crippen LogP contribution in [-0.4, -0.2) is 23.7 Å². The predicted molar refractivity (Wildman–Crippen MR) is 74.0 cm³/mol. The van der Waals surface area contributed by atoms with Crippen LogP contribution in [-0.2, 0) is 4.79 Å². The second-order valence-corrected chi connectivity index (χ2v) is 4.53. The first-order valence-electron chi connectivity index (χ1n) is 6.43. The van der Waals surface area contributed by atoms with E-state index in [1.54, 1.807) is 25.1 Å². The lowest BCUT2D eigenvalue weighted by Crippen LogP contribution is -2.32. The molecule has 0 saturated heterocycles. The van der Waals surface area contributed by atoms with Crippen molar-refractivity contribution in [2.24, 2.45) is 0 Å². The zero-order chi connectivity index (χ0) is 14.3. The predicted octanol–water partition coefficient (Wildman–Crippen LogP) is 2.51. The second kappa shape index (κ2) is 7.69. The van der Waals surface area contributed by atoms with Crippen molar-refractivity contribution >= 4 is 12.0 Å². The number of rotatable bonds is 6. The van der Waals surface area contributed by atoms with Crippen molar-refractivity contribution in [2.75, 3.05) is 6.54 Å². The molecule has 0 heterocycles. The van der Waals surface area contributed by atoms with E-state index in [9.17, 15) is 14.3 Å². The van der Waals surface area contributed by atoms with Crippen LogP contribution < -0.4 is 5.32 Å². The molecule has 0 aliphatic heterocycles. The van der Waals surface area contributed by atoms with Gasteiger partial charge >= 0.3 is 0 Å². The number of aliphatic hydroxyl groups excluding tert-OH is 1. The monoisotopic (exact) mass is 265 g/mol. The first-order chi connectivity index (χ1) is 9.02. The van der Waals surface area contributed by atoms with Gasteiger partial charge in [0, 0.05) is 12.1 Å². The Balaban J connectivity index is 2.54. The zero-order valence-electron chi connectivity index (χ0n) is 11.3. The summed E-state index contributed by atoms with van der Waals surface area (Å²) in [6, 6.07) is 5.92. The largest absolute Gasteiger partial charge is 0.391 e. The van der Waals surface area contributed by atoms with Gasteiger partial charge in [0.05, 0.1) is 6.10 Å². The lowest BCUT2D eigenvalue weighted by Gasteiger charge is -2.10. The van der Waals surface area contributed by atoms with E-state index in [1.165, 1.54) is 12.1 Å². The third-order valence-electron chi connectivity index (χ3n) is 2.73. The highest BCUT2D eigenvalue weighted by atomic mass is 19.1. The van der Waals surface area contributed by atoms with E-state index in [4.69, 9.17) is 0 Å². The molecule has 1 aromatic rings. The molecule has 0 fully saturated rings. The van der Waals surface area contributed by atoms with Crippen molar-refractivity contribution in [3.8, 4) is 0 Å². The summed E-state index contributed by atoms with van der Waals surface area (Å²) in [7, 11) is 0. The van der Waals surface area contributed by atoms with Crippen LogP contribution in [0.2, 0.25) is 0 Å². The molecule has 0 spiro atoms. The number of aliphatic hydroxyl groups is 1.